The van der Waals surface area contributed by atoms with E-state index >= 15 is 0 Å². The predicted octanol–water partition coefficient (Wildman–Crippen LogP) is 12.4. The molecule has 0 unspecified atom stereocenters. The second-order valence-corrected chi connectivity index (χ2v) is 13.4. The first-order chi connectivity index (χ1) is 24.3. The van der Waals surface area contributed by atoms with Gasteiger partial charge in [0.25, 0.3) is 0 Å². The largest absolute Gasteiger partial charge is 0.247 e. The minimum atomic E-state index is 0.694. The summed E-state index contributed by atoms with van der Waals surface area (Å²) < 4.78 is 2.55. The van der Waals surface area contributed by atoms with Gasteiger partial charge in [-0.05, 0) is 40.8 Å². The summed E-state index contributed by atoms with van der Waals surface area (Å²) in [6.07, 6.45) is 0. The summed E-state index contributed by atoms with van der Waals surface area (Å²) in [4.78, 5) is 15.7. The van der Waals surface area contributed by atoms with Crippen LogP contribution in [-0.2, 0) is 0 Å². The van der Waals surface area contributed by atoms with Gasteiger partial charge in [0, 0.05) is 53.0 Å². The molecule has 0 amide bonds. The highest BCUT2D eigenvalue weighted by atomic mass is 32.1. The molecule has 10 rings (SSSR count). The van der Waals surface area contributed by atoms with Crippen molar-refractivity contribution in [2.75, 3.05) is 0 Å². The second-order valence-electron chi connectivity index (χ2n) is 12.4. The van der Waals surface area contributed by atoms with E-state index in [0.29, 0.717) is 5.82 Å². The quantitative estimate of drug-likeness (QED) is 0.180. The van der Waals surface area contributed by atoms with Crippen molar-refractivity contribution in [3.8, 4) is 45.0 Å². The van der Waals surface area contributed by atoms with Gasteiger partial charge in [0.05, 0.1) is 22.4 Å². The molecule has 4 heteroatoms. The Balaban J connectivity index is 1.17. The number of pyridine rings is 1. The summed E-state index contributed by atoms with van der Waals surface area (Å²) in [7, 11) is 0. The van der Waals surface area contributed by atoms with E-state index in [1.165, 1.54) is 42.1 Å². The highest BCUT2D eigenvalue weighted by Crippen LogP contribution is 2.44. The molecule has 0 N–H and O–H groups in total. The molecule has 49 heavy (non-hydrogen) atoms. The minimum absolute atomic E-state index is 0.694. The van der Waals surface area contributed by atoms with Crippen LogP contribution in [0.3, 0.4) is 0 Å². The molecule has 10 aromatic rings. The Bertz CT molecular complexity index is 2870. The highest BCUT2D eigenvalue weighted by molar-refractivity contribution is 7.26. The average molecular weight is 642 g/mol. The Morgan fingerprint density at radius 1 is 0.347 bits per heavy atom. The molecule has 0 bridgehead atoms. The van der Waals surface area contributed by atoms with E-state index in [-0.39, 0.29) is 0 Å². The van der Waals surface area contributed by atoms with Gasteiger partial charge in [-0.1, -0.05) is 140 Å². The first-order valence-electron chi connectivity index (χ1n) is 16.4. The van der Waals surface area contributed by atoms with E-state index in [9.17, 15) is 0 Å². The van der Waals surface area contributed by atoms with Crippen LogP contribution in [0.25, 0.3) is 97.8 Å². The number of hydrogen-bond acceptors (Lipinski definition) is 4. The summed E-state index contributed by atoms with van der Waals surface area (Å²) >= 11 is 1.84. The lowest BCUT2D eigenvalue weighted by atomic mass is 9.97. The van der Waals surface area contributed by atoms with Crippen LogP contribution in [0, 0.1) is 0 Å². The third kappa shape index (κ3) is 4.61. The molecule has 0 fully saturated rings. The molecule has 7 aromatic carbocycles. The summed E-state index contributed by atoms with van der Waals surface area (Å²) in [6.45, 7) is 0. The van der Waals surface area contributed by atoms with Crippen LogP contribution in [0.1, 0.15) is 0 Å². The van der Waals surface area contributed by atoms with Gasteiger partial charge in [-0.3, -0.25) is 0 Å². The maximum Gasteiger partial charge on any atom is 0.160 e. The number of para-hydroxylation sites is 2. The lowest BCUT2D eigenvalue weighted by Gasteiger charge is -2.13. The van der Waals surface area contributed by atoms with Gasteiger partial charge in [-0.25, -0.2) is 15.0 Å². The molecule has 228 valence electrons. The summed E-state index contributed by atoms with van der Waals surface area (Å²) in [5, 5.41) is 7.15. The fraction of sp³-hybridized carbons (Fsp3) is 0. The molecule has 3 aromatic heterocycles. The van der Waals surface area contributed by atoms with E-state index in [4.69, 9.17) is 15.0 Å². The number of hydrogen-bond donors (Lipinski definition) is 0. The van der Waals surface area contributed by atoms with Crippen molar-refractivity contribution in [1.82, 2.24) is 15.0 Å². The maximum atomic E-state index is 5.34. The Kier molecular flexibility index (Phi) is 6.36. The molecule has 0 spiro atoms. The SMILES string of the molecule is c1ccc(-c2ccc(-c3nc(-c4cccc(-c5nc6ccccc6c6ccc7c8ccccc8sc7c56)c4)nc4ccccc34)cc2)cc1. The lowest BCUT2D eigenvalue weighted by molar-refractivity contribution is 1.23. The molecule has 0 atom stereocenters. The number of benzene rings is 7. The predicted molar refractivity (Wildman–Crippen MR) is 207 cm³/mol. The molecular weight excluding hydrogens is 615 g/mol. The Hall–Kier alpha value is -6.23. The zero-order valence-corrected chi connectivity index (χ0v) is 27.2. The van der Waals surface area contributed by atoms with E-state index in [1.54, 1.807) is 0 Å². The number of fused-ring (bicyclic) bond motifs is 8. The van der Waals surface area contributed by atoms with Crippen molar-refractivity contribution in [3.63, 3.8) is 0 Å². The summed E-state index contributed by atoms with van der Waals surface area (Å²) in [6, 6.07) is 57.7. The van der Waals surface area contributed by atoms with E-state index in [1.807, 2.05) is 23.5 Å². The first kappa shape index (κ1) is 27.8. The molecule has 0 aliphatic rings. The van der Waals surface area contributed by atoms with Gasteiger partial charge in [0.15, 0.2) is 5.82 Å². The maximum absolute atomic E-state index is 5.34. The van der Waals surface area contributed by atoms with E-state index < -0.39 is 0 Å². The molecule has 3 nitrogen and oxygen atoms in total. The average Bonchev–Trinajstić information content (AvgIpc) is 3.57. The van der Waals surface area contributed by atoms with Crippen LogP contribution in [0.5, 0.6) is 0 Å². The fourth-order valence-corrected chi connectivity index (χ4v) is 8.37. The van der Waals surface area contributed by atoms with Gasteiger partial charge in [0.1, 0.15) is 0 Å². The molecule has 0 saturated heterocycles. The van der Waals surface area contributed by atoms with Crippen molar-refractivity contribution in [1.29, 1.82) is 0 Å². The fourth-order valence-electron chi connectivity index (χ4n) is 7.12. The first-order valence-corrected chi connectivity index (χ1v) is 17.3. The molecule has 0 radical (unpaired) electrons. The Morgan fingerprint density at radius 3 is 1.80 bits per heavy atom. The van der Waals surface area contributed by atoms with Gasteiger partial charge < -0.3 is 0 Å². The van der Waals surface area contributed by atoms with Crippen molar-refractivity contribution < 1.29 is 0 Å². The van der Waals surface area contributed by atoms with Gasteiger partial charge in [-0.2, -0.15) is 0 Å². The van der Waals surface area contributed by atoms with Crippen molar-refractivity contribution in [3.05, 3.63) is 164 Å². The molecular formula is C45H27N3S. The highest BCUT2D eigenvalue weighted by Gasteiger charge is 2.18. The Morgan fingerprint density at radius 2 is 0.959 bits per heavy atom. The zero-order chi connectivity index (χ0) is 32.3. The van der Waals surface area contributed by atoms with Crippen LogP contribution in [0.4, 0.5) is 0 Å². The zero-order valence-electron chi connectivity index (χ0n) is 26.3. The van der Waals surface area contributed by atoms with Gasteiger partial charge in [0.2, 0.25) is 0 Å². The second kappa shape index (κ2) is 11.2. The van der Waals surface area contributed by atoms with Crippen molar-refractivity contribution >= 4 is 64.1 Å². The smallest absolute Gasteiger partial charge is 0.160 e. The summed E-state index contributed by atoms with van der Waals surface area (Å²) in [5.41, 5.74) is 9.24. The van der Waals surface area contributed by atoms with E-state index in [2.05, 4.69) is 152 Å². The summed E-state index contributed by atoms with van der Waals surface area (Å²) in [5.74, 6) is 0.694. The number of aromatic nitrogens is 3. The molecule has 0 saturated carbocycles. The van der Waals surface area contributed by atoms with Crippen molar-refractivity contribution in [2.45, 2.75) is 0 Å². The topological polar surface area (TPSA) is 38.7 Å². The van der Waals surface area contributed by atoms with Gasteiger partial charge in [-0.15, -0.1) is 11.3 Å². The minimum Gasteiger partial charge on any atom is -0.247 e. The lowest BCUT2D eigenvalue weighted by Crippen LogP contribution is -1.96. The monoisotopic (exact) mass is 641 g/mol. The number of thiophene rings is 1. The number of nitrogens with zero attached hydrogens (tertiary/aromatic N) is 3. The molecule has 0 aliphatic carbocycles. The standard InChI is InChI=1S/C45H27N3S/c1-2-11-28(12-3-1)29-21-23-30(24-22-29)42-37-17-5-8-19-39(37)47-45(48-42)32-14-10-13-31(27-32)43-41-35(33-15-4-7-18-38(33)46-43)25-26-36-34-16-6-9-20-40(34)49-44(36)41/h1-27H. The third-order valence-corrected chi connectivity index (χ3v) is 10.7. The van der Waals surface area contributed by atoms with Crippen LogP contribution < -0.4 is 0 Å². The van der Waals surface area contributed by atoms with Crippen LogP contribution >= 0.6 is 11.3 Å². The molecule has 0 aliphatic heterocycles. The van der Waals surface area contributed by atoms with Gasteiger partial charge >= 0.3 is 0 Å². The van der Waals surface area contributed by atoms with Crippen molar-refractivity contribution in [2.24, 2.45) is 0 Å². The van der Waals surface area contributed by atoms with E-state index in [0.717, 1.165) is 49.9 Å². The van der Waals surface area contributed by atoms with Crippen LogP contribution in [0.2, 0.25) is 0 Å². The van der Waals surface area contributed by atoms with Crippen LogP contribution in [-0.4, -0.2) is 15.0 Å². The number of rotatable bonds is 4. The van der Waals surface area contributed by atoms with Crippen LogP contribution in [0.15, 0.2) is 164 Å². The Labute approximate surface area is 286 Å². The third-order valence-electron chi connectivity index (χ3n) is 9.47. The normalized spacial score (nSPS) is 11.7. The molecule has 3 heterocycles.